The highest BCUT2D eigenvalue weighted by Gasteiger charge is 2.51. The first-order chi connectivity index (χ1) is 27.1. The van der Waals surface area contributed by atoms with Gasteiger partial charge in [0, 0.05) is 19.6 Å². The summed E-state index contributed by atoms with van der Waals surface area (Å²) >= 11 is 0. The maximum atomic E-state index is 13.3. The molecule has 0 aromatic heterocycles. The van der Waals surface area contributed by atoms with Crippen LogP contribution in [0.1, 0.15) is 34.1 Å². The maximum Gasteiger partial charge on any atom is 0.338 e. The van der Waals surface area contributed by atoms with Crippen LogP contribution in [0.2, 0.25) is 0 Å². The van der Waals surface area contributed by atoms with Gasteiger partial charge in [-0.05, 0) is 59.7 Å². The summed E-state index contributed by atoms with van der Waals surface area (Å²) < 4.78 is 35.3. The van der Waals surface area contributed by atoms with Gasteiger partial charge in [-0.25, -0.2) is 9.59 Å². The van der Waals surface area contributed by atoms with E-state index in [1.807, 2.05) is 0 Å². The predicted octanol–water partition coefficient (Wildman–Crippen LogP) is 3.12. The van der Waals surface area contributed by atoms with E-state index in [4.69, 9.17) is 39.5 Å². The summed E-state index contributed by atoms with van der Waals surface area (Å²) in [6.45, 7) is -0.691. The molecule has 1 saturated heterocycles. The van der Waals surface area contributed by atoms with Crippen LogP contribution in [0.15, 0.2) is 81.1 Å². The minimum Gasteiger partial charge on any atom is -0.452 e. The number of carbonyl (C=O) groups is 2. The molecule has 4 rings (SSSR count). The van der Waals surface area contributed by atoms with Crippen molar-refractivity contribution in [3.63, 3.8) is 0 Å². The lowest BCUT2D eigenvalue weighted by atomic mass is 9.84. The summed E-state index contributed by atoms with van der Waals surface area (Å²) in [6, 6.07) is 11.4. The molecule has 24 heteroatoms. The fraction of sp³-hybridized carbons (Fsp3) is 0.562. The van der Waals surface area contributed by atoms with Crippen LogP contribution in [0, 0.1) is 0 Å². The van der Waals surface area contributed by atoms with Gasteiger partial charge >= 0.3 is 11.9 Å². The molecule has 2 aliphatic rings. The van der Waals surface area contributed by atoms with E-state index in [0.717, 1.165) is 0 Å². The summed E-state index contributed by atoms with van der Waals surface area (Å²) in [5.41, 5.74) is 37.0. The van der Waals surface area contributed by atoms with Crippen molar-refractivity contribution in [2.45, 2.75) is 92.9 Å². The summed E-state index contributed by atoms with van der Waals surface area (Å²) in [7, 11) is 0. The Hall–Kier alpha value is -5.70. The van der Waals surface area contributed by atoms with Crippen molar-refractivity contribution in [2.24, 2.45) is 20.5 Å². The first kappa shape index (κ1) is 43.0. The molecule has 1 aliphatic carbocycles. The number of nitrogens with zero attached hydrogens (tertiary/aromatic N) is 12. The molecule has 2 fully saturated rings. The highest BCUT2D eigenvalue weighted by Crippen LogP contribution is 2.33. The highest BCUT2D eigenvalue weighted by molar-refractivity contribution is 5.90. The molecule has 1 heterocycles. The molecule has 0 amide bonds. The average Bonchev–Trinajstić information content (AvgIpc) is 3.52. The number of benzene rings is 2. The van der Waals surface area contributed by atoms with E-state index in [2.05, 4.69) is 40.1 Å². The Labute approximate surface area is 316 Å². The molecule has 1 aliphatic heterocycles. The Morgan fingerprint density at radius 2 is 1.43 bits per heavy atom. The number of azide groups is 4. The third kappa shape index (κ3) is 11.2. The summed E-state index contributed by atoms with van der Waals surface area (Å²) in [6.07, 6.45) is -16.0. The van der Waals surface area contributed by atoms with Crippen LogP contribution < -0.4 is 0 Å². The summed E-state index contributed by atoms with van der Waals surface area (Å²) in [5.74, 6) is -1.73. The molecule has 13 atom stereocenters. The number of ether oxygens (including phenoxy) is 6. The van der Waals surface area contributed by atoms with E-state index in [9.17, 15) is 41.1 Å². The van der Waals surface area contributed by atoms with Gasteiger partial charge in [-0.2, -0.15) is 0 Å². The van der Waals surface area contributed by atoms with Gasteiger partial charge in [0.1, 0.15) is 24.4 Å². The quantitative estimate of drug-likeness (QED) is 0.0525. The SMILES string of the molecule is C[C@H](O)C(CO)O[C@H](O[C@@H]1C(N=[N+]=[N-])C[C@@H](N=[N+]=[N-])[C@@H](O)C1O)[C@H](COC1O[C@H](CN=[N+]=[N-])[C@H](OC(=O)c2ccccc2)C1OC(=O)c1ccccc1)N=[N+]=[N-]. The zero-order chi connectivity index (χ0) is 40.6. The largest absolute Gasteiger partial charge is 0.452 e. The Morgan fingerprint density at radius 1 is 0.839 bits per heavy atom. The Morgan fingerprint density at radius 3 is 1.96 bits per heavy atom. The second kappa shape index (κ2) is 21.4. The molecule has 0 spiro atoms. The van der Waals surface area contributed by atoms with E-state index < -0.39 is 111 Å². The molecule has 5 unspecified atom stereocenters. The average molecular weight is 783 g/mol. The first-order valence-electron chi connectivity index (χ1n) is 16.9. The molecule has 4 N–H and O–H groups in total. The maximum absolute atomic E-state index is 13.3. The molecule has 0 bridgehead atoms. The molecular weight excluding hydrogens is 744 g/mol. The minimum atomic E-state index is -1.88. The number of carbonyl (C=O) groups excluding carboxylic acids is 2. The fourth-order valence-corrected chi connectivity index (χ4v) is 5.87. The van der Waals surface area contributed by atoms with Gasteiger partial charge in [0.25, 0.3) is 0 Å². The van der Waals surface area contributed by atoms with E-state index in [-0.39, 0.29) is 17.5 Å². The highest BCUT2D eigenvalue weighted by atomic mass is 16.7. The van der Waals surface area contributed by atoms with Crippen molar-refractivity contribution < 1.29 is 58.4 Å². The lowest BCUT2D eigenvalue weighted by Gasteiger charge is -2.42. The predicted molar refractivity (Wildman–Crippen MR) is 188 cm³/mol. The van der Waals surface area contributed by atoms with Gasteiger partial charge in [-0.3, -0.25) is 0 Å². The summed E-state index contributed by atoms with van der Waals surface area (Å²) in [5, 5.41) is 56.2. The van der Waals surface area contributed by atoms with Crippen molar-refractivity contribution in [3.05, 3.63) is 114 Å². The number of hydrogen-bond donors (Lipinski definition) is 4. The first-order valence-corrected chi connectivity index (χ1v) is 16.9. The van der Waals surface area contributed by atoms with E-state index in [1.54, 1.807) is 36.4 Å². The van der Waals surface area contributed by atoms with Crippen LogP contribution in [0.5, 0.6) is 0 Å². The Bertz CT molecular complexity index is 1810. The van der Waals surface area contributed by atoms with Crippen LogP contribution in [0.3, 0.4) is 0 Å². The van der Waals surface area contributed by atoms with Gasteiger partial charge in [-0.1, -0.05) is 56.9 Å². The van der Waals surface area contributed by atoms with Gasteiger partial charge in [0.05, 0.1) is 61.3 Å². The lowest BCUT2D eigenvalue weighted by Crippen LogP contribution is -2.58. The van der Waals surface area contributed by atoms with Crippen molar-refractivity contribution >= 4 is 11.9 Å². The fourth-order valence-electron chi connectivity index (χ4n) is 5.87. The molecule has 24 nitrogen and oxygen atoms in total. The van der Waals surface area contributed by atoms with Gasteiger partial charge < -0.3 is 48.8 Å². The second-order valence-electron chi connectivity index (χ2n) is 12.4. The van der Waals surface area contributed by atoms with Crippen molar-refractivity contribution in [1.29, 1.82) is 0 Å². The third-order valence-corrected chi connectivity index (χ3v) is 8.70. The normalized spacial score (nSPS) is 27.7. The van der Waals surface area contributed by atoms with Gasteiger partial charge in [-0.15, -0.1) is 0 Å². The molecule has 0 radical (unpaired) electrons. The second-order valence-corrected chi connectivity index (χ2v) is 12.4. The summed E-state index contributed by atoms with van der Waals surface area (Å²) in [4.78, 5) is 37.5. The number of rotatable bonds is 19. The number of esters is 2. The van der Waals surface area contributed by atoms with Crippen molar-refractivity contribution in [3.8, 4) is 0 Å². The zero-order valence-corrected chi connectivity index (χ0v) is 29.5. The van der Waals surface area contributed by atoms with Crippen molar-refractivity contribution in [2.75, 3.05) is 19.8 Å². The Balaban J connectivity index is 1.69. The standard InChI is InChI=1S/C32H38N12O12/c1-16(46)23(14-45)53-31(56-26-20(39-43-35)12-19(38-42-34)24(47)25(26)48)21(40-44-36)15-51-32-28(55-30(50)18-10-6-3-7-11-18)27(22(52-32)13-37-41-33)54-29(49)17-8-4-2-5-9-17/h2-11,16,19-28,31-32,45-48H,12-15H2,1H3/t16-,19+,20?,21-,22+,23?,24+,25?,26+,27-,28?,31+,32?/m0/s1. The molecule has 298 valence electrons. The van der Waals surface area contributed by atoms with Crippen LogP contribution in [-0.4, -0.2) is 132 Å². The molecule has 1 saturated carbocycles. The smallest absolute Gasteiger partial charge is 0.338 e. The van der Waals surface area contributed by atoms with E-state index in [0.29, 0.717) is 0 Å². The number of hydrogen-bond acceptors (Lipinski definition) is 16. The van der Waals surface area contributed by atoms with Crippen molar-refractivity contribution in [1.82, 2.24) is 0 Å². The topological polar surface area (TPSA) is 365 Å². The van der Waals surface area contributed by atoms with Crippen LogP contribution in [0.25, 0.3) is 41.8 Å². The third-order valence-electron chi connectivity index (χ3n) is 8.70. The Kier molecular flexibility index (Phi) is 16.4. The van der Waals surface area contributed by atoms with Crippen LogP contribution >= 0.6 is 0 Å². The monoisotopic (exact) mass is 782 g/mol. The zero-order valence-electron chi connectivity index (χ0n) is 29.5. The molecule has 2 aromatic rings. The van der Waals surface area contributed by atoms with Gasteiger partial charge in [0.2, 0.25) is 0 Å². The molecule has 56 heavy (non-hydrogen) atoms. The van der Waals surface area contributed by atoms with Crippen LogP contribution in [0.4, 0.5) is 0 Å². The van der Waals surface area contributed by atoms with E-state index in [1.165, 1.54) is 31.2 Å². The van der Waals surface area contributed by atoms with Gasteiger partial charge in [0.15, 0.2) is 24.8 Å². The molecular formula is C32H38N12O12. The number of aliphatic hydroxyl groups excluding tert-OH is 4. The minimum absolute atomic E-state index is 0.102. The van der Waals surface area contributed by atoms with E-state index >= 15 is 0 Å². The van der Waals surface area contributed by atoms with Crippen LogP contribution in [-0.2, 0) is 28.4 Å². The lowest BCUT2D eigenvalue weighted by molar-refractivity contribution is -0.261. The number of aliphatic hydroxyl groups is 4. The molecule has 2 aromatic carbocycles.